The maximum Gasteiger partial charge on any atom is 0.412 e. The molecule has 2 atom stereocenters. The first-order chi connectivity index (χ1) is 15.6. The molecule has 7 rings (SSSR count). The van der Waals surface area contributed by atoms with Crippen molar-refractivity contribution in [2.75, 3.05) is 13.1 Å². The van der Waals surface area contributed by atoms with E-state index in [1.165, 1.54) is 32.1 Å². The largest absolute Gasteiger partial charge is 0.412 e. The van der Waals surface area contributed by atoms with Crippen molar-refractivity contribution in [1.82, 2.24) is 5.32 Å². The molecule has 0 aromatic heterocycles. The van der Waals surface area contributed by atoms with Gasteiger partial charge in [-0.05, 0) is 80.4 Å². The molecule has 7 heteroatoms. The number of amides is 1. The molecule has 6 fully saturated rings. The lowest BCUT2D eigenvalue weighted by molar-refractivity contribution is -0.390. The van der Waals surface area contributed by atoms with Gasteiger partial charge in [0.05, 0.1) is 0 Å². The summed E-state index contributed by atoms with van der Waals surface area (Å²) < 4.78 is 12.3. The van der Waals surface area contributed by atoms with Gasteiger partial charge in [-0.1, -0.05) is 12.1 Å². The third-order valence-electron chi connectivity index (χ3n) is 8.57. The minimum absolute atomic E-state index is 0.273. The Morgan fingerprint density at radius 2 is 1.91 bits per heavy atom. The highest BCUT2D eigenvalue weighted by atomic mass is 17.3. The highest BCUT2D eigenvalue weighted by Gasteiger charge is 2.67. The Balaban J connectivity index is 1.16. The van der Waals surface area contributed by atoms with E-state index in [1.807, 2.05) is 12.1 Å². The number of ether oxygens (including phenoxy) is 2. The molecular weight excluding hydrogens is 408 g/mol. The van der Waals surface area contributed by atoms with Crippen molar-refractivity contribution in [3.05, 3.63) is 29.8 Å². The van der Waals surface area contributed by atoms with Gasteiger partial charge in [0, 0.05) is 37.8 Å². The predicted molar refractivity (Wildman–Crippen MR) is 116 cm³/mol. The Hall–Kier alpha value is -1.67. The van der Waals surface area contributed by atoms with Crippen LogP contribution < -0.4 is 15.8 Å². The fourth-order valence-corrected chi connectivity index (χ4v) is 7.41. The third-order valence-corrected chi connectivity index (χ3v) is 8.57. The molecule has 1 aromatic carbocycles. The molecule has 174 valence electrons. The van der Waals surface area contributed by atoms with Gasteiger partial charge < -0.3 is 20.5 Å². The van der Waals surface area contributed by atoms with Gasteiger partial charge in [0.2, 0.25) is 11.6 Å². The fraction of sp³-hybridized carbons (Fsp3) is 0.720. The summed E-state index contributed by atoms with van der Waals surface area (Å²) in [5, 5.41) is 2.64. The van der Waals surface area contributed by atoms with Crippen LogP contribution in [0.4, 0.5) is 4.79 Å². The summed E-state index contributed by atoms with van der Waals surface area (Å²) in [5.41, 5.74) is 6.58. The topological polar surface area (TPSA) is 92.0 Å². The van der Waals surface area contributed by atoms with E-state index in [0.717, 1.165) is 43.1 Å². The monoisotopic (exact) mass is 442 g/mol. The van der Waals surface area contributed by atoms with Gasteiger partial charge in [-0.3, -0.25) is 0 Å². The van der Waals surface area contributed by atoms with Crippen LogP contribution >= 0.6 is 0 Å². The number of nitrogens with two attached hydrogens (primary N) is 1. The van der Waals surface area contributed by atoms with Gasteiger partial charge in [0.15, 0.2) is 0 Å². The van der Waals surface area contributed by atoms with E-state index in [4.69, 9.17) is 25.0 Å². The van der Waals surface area contributed by atoms with E-state index in [-0.39, 0.29) is 5.92 Å². The first-order valence-corrected chi connectivity index (χ1v) is 12.4. The number of hydrogen-bond donors (Lipinski definition) is 2. The van der Waals surface area contributed by atoms with Crippen LogP contribution in [0.3, 0.4) is 0 Å². The van der Waals surface area contributed by atoms with Crippen LogP contribution in [0.15, 0.2) is 24.3 Å². The van der Waals surface area contributed by atoms with Gasteiger partial charge in [0.1, 0.15) is 5.75 Å². The smallest absolute Gasteiger partial charge is 0.410 e. The highest BCUT2D eigenvalue weighted by molar-refractivity contribution is 5.70. The number of benzene rings is 1. The van der Waals surface area contributed by atoms with Crippen LogP contribution in [0.5, 0.6) is 5.75 Å². The van der Waals surface area contributed by atoms with E-state index in [2.05, 4.69) is 11.4 Å². The maximum absolute atomic E-state index is 11.9. The summed E-state index contributed by atoms with van der Waals surface area (Å²) >= 11 is 0. The van der Waals surface area contributed by atoms with Crippen LogP contribution in [-0.4, -0.2) is 30.8 Å². The Morgan fingerprint density at radius 1 is 1.12 bits per heavy atom. The molecule has 0 radical (unpaired) electrons. The van der Waals surface area contributed by atoms with Crippen LogP contribution in [0, 0.1) is 23.7 Å². The predicted octanol–water partition coefficient (Wildman–Crippen LogP) is 4.22. The molecule has 1 saturated heterocycles. The van der Waals surface area contributed by atoms with E-state index < -0.39 is 17.7 Å². The molecule has 1 amide bonds. The molecule has 1 aromatic rings. The molecule has 6 aliphatic rings. The second-order valence-electron chi connectivity index (χ2n) is 10.7. The minimum atomic E-state index is -0.659. The zero-order chi connectivity index (χ0) is 21.8. The number of hydrogen-bond acceptors (Lipinski definition) is 6. The lowest BCUT2D eigenvalue weighted by Crippen LogP contribution is -2.59. The van der Waals surface area contributed by atoms with E-state index in [1.54, 1.807) is 6.07 Å². The molecule has 7 nitrogen and oxygen atoms in total. The van der Waals surface area contributed by atoms with Crippen molar-refractivity contribution in [3.8, 4) is 5.75 Å². The fourth-order valence-electron chi connectivity index (χ4n) is 7.41. The molecule has 3 N–H and O–H groups in total. The van der Waals surface area contributed by atoms with Gasteiger partial charge in [-0.15, -0.1) is 0 Å². The molecule has 5 aliphatic carbocycles. The number of rotatable bonds is 4. The summed E-state index contributed by atoms with van der Waals surface area (Å²) in [6.45, 7) is 0.773. The Labute approximate surface area is 189 Å². The summed E-state index contributed by atoms with van der Waals surface area (Å²) in [5.74, 6) is 2.29. The number of carbonyl (C=O) groups is 1. The van der Waals surface area contributed by atoms with Gasteiger partial charge in [0.25, 0.3) is 0 Å². The zero-order valence-corrected chi connectivity index (χ0v) is 18.6. The number of carbonyl (C=O) groups excluding carboxylic acids is 1. The summed E-state index contributed by atoms with van der Waals surface area (Å²) in [7, 11) is 0. The summed E-state index contributed by atoms with van der Waals surface area (Å²) in [4.78, 5) is 24.2. The number of nitrogens with one attached hydrogen (secondary N) is 1. The van der Waals surface area contributed by atoms with Crippen LogP contribution in [-0.2, 0) is 14.5 Å². The molecular formula is C25H34N2O5. The average Bonchev–Trinajstić information content (AvgIpc) is 3.15. The van der Waals surface area contributed by atoms with Crippen molar-refractivity contribution >= 4 is 6.09 Å². The lowest BCUT2D eigenvalue weighted by Gasteiger charge is -2.57. The van der Waals surface area contributed by atoms with Crippen molar-refractivity contribution in [3.63, 3.8) is 0 Å². The normalized spacial score (nSPS) is 42.0. The van der Waals surface area contributed by atoms with E-state index in [9.17, 15) is 4.79 Å². The summed E-state index contributed by atoms with van der Waals surface area (Å²) in [6.07, 6.45) is 9.53. The first kappa shape index (κ1) is 20.9. The third kappa shape index (κ3) is 3.54. The highest BCUT2D eigenvalue weighted by Crippen LogP contribution is 2.64. The molecule has 5 saturated carbocycles. The molecule has 1 heterocycles. The first-order valence-electron chi connectivity index (χ1n) is 12.4. The average molecular weight is 443 g/mol. The maximum atomic E-state index is 11.9. The van der Waals surface area contributed by atoms with Crippen LogP contribution in [0.2, 0.25) is 0 Å². The molecule has 32 heavy (non-hydrogen) atoms. The second kappa shape index (κ2) is 7.97. The van der Waals surface area contributed by atoms with Crippen LogP contribution in [0.25, 0.3) is 0 Å². The molecule has 2 unspecified atom stereocenters. The SMILES string of the molecule is NCCNC(=O)Oc1cccc(C2CCCC3(C2)OOC2(O3)C3CC4CC(C3)CC2C4)c1. The molecule has 4 bridgehead atoms. The summed E-state index contributed by atoms with van der Waals surface area (Å²) in [6, 6.07) is 7.80. The Kier molecular flexibility index (Phi) is 5.21. The standard InChI is InChI=1S/C25H34N2O5/c26-7-8-27-23(28)29-22-5-1-3-18(14-22)19-4-2-6-24(15-19)30-25(32-31-24)20-10-16-9-17(12-20)13-21(25)11-16/h1,3,5,14,16-17,19-21H,2,4,6-13,15,26H2,(H,27,28). The van der Waals surface area contributed by atoms with Crippen molar-refractivity contribution in [2.24, 2.45) is 29.4 Å². The van der Waals surface area contributed by atoms with E-state index >= 15 is 0 Å². The van der Waals surface area contributed by atoms with Crippen LogP contribution in [0.1, 0.15) is 69.3 Å². The quantitative estimate of drug-likeness (QED) is 0.679. The lowest BCUT2D eigenvalue weighted by atomic mass is 9.53. The Morgan fingerprint density at radius 3 is 2.66 bits per heavy atom. The Bertz CT molecular complexity index is 848. The van der Waals surface area contributed by atoms with Gasteiger partial charge >= 0.3 is 6.09 Å². The van der Waals surface area contributed by atoms with Crippen molar-refractivity contribution in [1.29, 1.82) is 0 Å². The zero-order valence-electron chi connectivity index (χ0n) is 18.6. The van der Waals surface area contributed by atoms with Gasteiger partial charge in [-0.2, -0.15) is 9.78 Å². The minimum Gasteiger partial charge on any atom is -0.410 e. The second-order valence-corrected chi connectivity index (χ2v) is 10.7. The molecule has 2 spiro atoms. The van der Waals surface area contributed by atoms with Crippen molar-refractivity contribution in [2.45, 2.75) is 75.3 Å². The van der Waals surface area contributed by atoms with Crippen molar-refractivity contribution < 1.29 is 24.0 Å². The van der Waals surface area contributed by atoms with Gasteiger partial charge in [-0.25, -0.2) is 4.79 Å². The van der Waals surface area contributed by atoms with E-state index in [0.29, 0.717) is 30.7 Å². The molecule has 1 aliphatic heterocycles.